The molecule has 7 nitrogen and oxygen atoms in total. The number of aliphatic carboxylic acids is 1. The Bertz CT molecular complexity index is 332. The number of likely N-dealkylation sites (tertiary alicyclic amines) is 1. The summed E-state index contributed by atoms with van der Waals surface area (Å²) in [6.07, 6.45) is 0.454. The summed E-state index contributed by atoms with van der Waals surface area (Å²) >= 11 is 0. The van der Waals surface area contributed by atoms with Crippen LogP contribution in [-0.2, 0) is 9.59 Å². The van der Waals surface area contributed by atoms with Crippen molar-refractivity contribution in [3.8, 4) is 0 Å². The van der Waals surface area contributed by atoms with Gasteiger partial charge in [-0.1, -0.05) is 0 Å². The van der Waals surface area contributed by atoms with Crippen molar-refractivity contribution in [1.82, 2.24) is 9.80 Å². The highest BCUT2D eigenvalue weighted by atomic mass is 16.4. The van der Waals surface area contributed by atoms with Gasteiger partial charge >= 0.3 is 12.0 Å². The number of amides is 3. The van der Waals surface area contributed by atoms with Gasteiger partial charge in [0.15, 0.2) is 0 Å². The molecule has 17 heavy (non-hydrogen) atoms. The fourth-order valence-electron chi connectivity index (χ4n) is 1.84. The van der Waals surface area contributed by atoms with Gasteiger partial charge in [-0.25, -0.2) is 4.79 Å². The van der Waals surface area contributed by atoms with Gasteiger partial charge in [-0.3, -0.25) is 9.59 Å². The molecule has 1 saturated heterocycles. The molecule has 1 aliphatic rings. The van der Waals surface area contributed by atoms with Crippen LogP contribution in [0.2, 0.25) is 0 Å². The van der Waals surface area contributed by atoms with E-state index in [-0.39, 0.29) is 19.1 Å². The number of carboxylic acids is 1. The zero-order valence-electron chi connectivity index (χ0n) is 9.76. The van der Waals surface area contributed by atoms with Crippen molar-refractivity contribution in [2.45, 2.75) is 13.3 Å². The summed E-state index contributed by atoms with van der Waals surface area (Å²) in [4.78, 5) is 36.2. The molecule has 1 rings (SSSR count). The van der Waals surface area contributed by atoms with Crippen LogP contribution in [0.3, 0.4) is 0 Å². The zero-order chi connectivity index (χ0) is 13.0. The van der Waals surface area contributed by atoms with Crippen LogP contribution in [0.5, 0.6) is 0 Å². The lowest BCUT2D eigenvalue weighted by Crippen LogP contribution is -2.45. The van der Waals surface area contributed by atoms with E-state index in [1.807, 2.05) is 0 Å². The van der Waals surface area contributed by atoms with E-state index < -0.39 is 17.8 Å². The van der Waals surface area contributed by atoms with E-state index in [1.54, 1.807) is 6.92 Å². The summed E-state index contributed by atoms with van der Waals surface area (Å²) < 4.78 is 0. The van der Waals surface area contributed by atoms with Crippen molar-refractivity contribution in [2.24, 2.45) is 11.7 Å². The van der Waals surface area contributed by atoms with Crippen molar-refractivity contribution < 1.29 is 19.5 Å². The largest absolute Gasteiger partial charge is 0.481 e. The second kappa shape index (κ2) is 5.51. The summed E-state index contributed by atoms with van der Waals surface area (Å²) in [7, 11) is 0. The molecule has 0 aromatic rings. The van der Waals surface area contributed by atoms with E-state index in [0.717, 1.165) is 0 Å². The van der Waals surface area contributed by atoms with Crippen LogP contribution in [0.15, 0.2) is 0 Å². The first-order chi connectivity index (χ1) is 7.95. The highest BCUT2D eigenvalue weighted by Crippen LogP contribution is 2.17. The maximum Gasteiger partial charge on any atom is 0.320 e. The van der Waals surface area contributed by atoms with Gasteiger partial charge in [-0.05, 0) is 13.3 Å². The summed E-state index contributed by atoms with van der Waals surface area (Å²) in [5, 5.41) is 8.83. The molecule has 1 unspecified atom stereocenters. The van der Waals surface area contributed by atoms with Crippen LogP contribution in [-0.4, -0.2) is 59.0 Å². The number of carbonyl (C=O) groups is 3. The van der Waals surface area contributed by atoms with Crippen molar-refractivity contribution in [2.75, 3.05) is 26.2 Å². The number of rotatable bonds is 4. The number of likely N-dealkylation sites (N-methyl/N-ethyl adjacent to an activating group) is 1. The highest BCUT2D eigenvalue weighted by Gasteiger charge is 2.32. The number of urea groups is 1. The van der Waals surface area contributed by atoms with Crippen molar-refractivity contribution in [3.05, 3.63) is 0 Å². The van der Waals surface area contributed by atoms with Crippen LogP contribution in [0.25, 0.3) is 0 Å². The predicted octanol–water partition coefficient (Wildman–Crippen LogP) is -0.680. The second-order valence-electron chi connectivity index (χ2n) is 4.03. The molecule has 96 valence electrons. The van der Waals surface area contributed by atoms with Gasteiger partial charge < -0.3 is 20.6 Å². The van der Waals surface area contributed by atoms with E-state index in [2.05, 4.69) is 0 Å². The Morgan fingerprint density at radius 2 is 2.12 bits per heavy atom. The Morgan fingerprint density at radius 1 is 1.47 bits per heavy atom. The van der Waals surface area contributed by atoms with E-state index in [9.17, 15) is 14.4 Å². The summed E-state index contributed by atoms with van der Waals surface area (Å²) in [5.74, 6) is -1.97. The third kappa shape index (κ3) is 3.33. The second-order valence-corrected chi connectivity index (χ2v) is 4.03. The molecule has 3 N–H and O–H groups in total. The Kier molecular flexibility index (Phi) is 4.30. The smallest absolute Gasteiger partial charge is 0.320 e. The van der Waals surface area contributed by atoms with Gasteiger partial charge in [0.05, 0.1) is 5.92 Å². The zero-order valence-corrected chi connectivity index (χ0v) is 9.76. The Balaban J connectivity index is 2.58. The first kappa shape index (κ1) is 13.3. The predicted molar refractivity (Wildman–Crippen MR) is 59.2 cm³/mol. The summed E-state index contributed by atoms with van der Waals surface area (Å²) in [5.41, 5.74) is 5.04. The third-order valence-corrected chi connectivity index (χ3v) is 2.81. The van der Waals surface area contributed by atoms with Crippen LogP contribution in [0, 0.1) is 5.92 Å². The average molecular weight is 243 g/mol. The number of hydrogen-bond donors (Lipinski definition) is 2. The molecule has 3 amide bonds. The fourth-order valence-corrected chi connectivity index (χ4v) is 1.84. The number of carbonyl (C=O) groups excluding carboxylic acids is 2. The summed E-state index contributed by atoms with van der Waals surface area (Å²) in [6.45, 7) is 2.58. The number of nitrogens with two attached hydrogens (primary N) is 1. The number of primary amides is 1. The molecule has 7 heteroatoms. The topological polar surface area (TPSA) is 104 Å². The van der Waals surface area contributed by atoms with E-state index in [4.69, 9.17) is 10.8 Å². The maximum atomic E-state index is 11.9. The lowest BCUT2D eigenvalue weighted by atomic mass is 10.1. The van der Waals surface area contributed by atoms with E-state index >= 15 is 0 Å². The molecule has 1 atom stereocenters. The van der Waals surface area contributed by atoms with E-state index in [1.165, 1.54) is 9.80 Å². The molecule has 0 bridgehead atoms. The minimum absolute atomic E-state index is 0.135. The highest BCUT2D eigenvalue weighted by molar-refractivity contribution is 5.83. The Morgan fingerprint density at radius 3 is 2.53 bits per heavy atom. The minimum atomic E-state index is -0.891. The van der Waals surface area contributed by atoms with Gasteiger partial charge in [-0.2, -0.15) is 0 Å². The number of hydrogen-bond acceptors (Lipinski definition) is 3. The van der Waals surface area contributed by atoms with Gasteiger partial charge in [0.25, 0.3) is 0 Å². The summed E-state index contributed by atoms with van der Waals surface area (Å²) in [6, 6.07) is -0.324. The van der Waals surface area contributed by atoms with Crippen LogP contribution in [0.1, 0.15) is 13.3 Å². The molecule has 1 fully saturated rings. The van der Waals surface area contributed by atoms with Crippen LogP contribution >= 0.6 is 0 Å². The third-order valence-electron chi connectivity index (χ3n) is 2.81. The molecule has 0 aliphatic carbocycles. The van der Waals surface area contributed by atoms with Gasteiger partial charge in [0.1, 0.15) is 6.54 Å². The monoisotopic (exact) mass is 243 g/mol. The van der Waals surface area contributed by atoms with Crippen molar-refractivity contribution >= 4 is 17.9 Å². The van der Waals surface area contributed by atoms with Crippen molar-refractivity contribution in [1.29, 1.82) is 0 Å². The standard InChI is InChI=1S/C10H17N3O4/c1-2-12(6-8(11)14)10(17)13-4-3-7(5-13)9(15)16/h7H,2-6H2,1H3,(H2,11,14)(H,15,16). The lowest BCUT2D eigenvalue weighted by Gasteiger charge is -2.25. The number of carboxylic acid groups (broad SMARTS) is 1. The van der Waals surface area contributed by atoms with Gasteiger partial charge in [0, 0.05) is 19.6 Å². The number of nitrogens with zero attached hydrogens (tertiary/aromatic N) is 2. The molecule has 1 aliphatic heterocycles. The first-order valence-corrected chi connectivity index (χ1v) is 5.50. The van der Waals surface area contributed by atoms with E-state index in [0.29, 0.717) is 19.5 Å². The Labute approximate surface area is 99.2 Å². The quantitative estimate of drug-likeness (QED) is 0.682. The van der Waals surface area contributed by atoms with Crippen molar-refractivity contribution in [3.63, 3.8) is 0 Å². The molecule has 0 spiro atoms. The molecule has 0 saturated carbocycles. The molecular weight excluding hydrogens is 226 g/mol. The van der Waals surface area contributed by atoms with Gasteiger partial charge in [0.2, 0.25) is 5.91 Å². The first-order valence-electron chi connectivity index (χ1n) is 5.50. The average Bonchev–Trinajstić information content (AvgIpc) is 2.73. The van der Waals surface area contributed by atoms with Crippen LogP contribution < -0.4 is 5.73 Å². The Hall–Kier alpha value is -1.79. The lowest BCUT2D eigenvalue weighted by molar-refractivity contribution is -0.141. The minimum Gasteiger partial charge on any atom is -0.481 e. The molecule has 0 aromatic heterocycles. The maximum absolute atomic E-state index is 11.9. The molecular formula is C10H17N3O4. The SMILES string of the molecule is CCN(CC(N)=O)C(=O)N1CCC(C(=O)O)C1. The van der Waals surface area contributed by atoms with Crippen LogP contribution in [0.4, 0.5) is 4.79 Å². The fraction of sp³-hybridized carbons (Fsp3) is 0.700. The van der Waals surface area contributed by atoms with Gasteiger partial charge in [-0.15, -0.1) is 0 Å². The molecule has 1 heterocycles. The molecule has 0 radical (unpaired) electrons. The molecule has 0 aromatic carbocycles. The normalized spacial score (nSPS) is 19.1.